The van der Waals surface area contributed by atoms with Crippen molar-refractivity contribution >= 4 is 17.3 Å². The second-order valence-corrected chi connectivity index (χ2v) is 5.70. The second kappa shape index (κ2) is 10.8. The van der Waals surface area contributed by atoms with Crippen LogP contribution in [0.1, 0.15) is 12.0 Å². The van der Waals surface area contributed by atoms with E-state index >= 15 is 0 Å². The molecule has 0 fully saturated rings. The highest BCUT2D eigenvalue weighted by Crippen LogP contribution is 2.17. The van der Waals surface area contributed by atoms with Gasteiger partial charge in [0.2, 0.25) is 0 Å². The number of nitrogens with one attached hydrogen (secondary N) is 2. The molecule has 27 heavy (non-hydrogen) atoms. The van der Waals surface area contributed by atoms with Crippen LogP contribution in [-0.4, -0.2) is 38.3 Å². The summed E-state index contributed by atoms with van der Waals surface area (Å²) in [6.45, 7) is 1.74. The van der Waals surface area contributed by atoms with Crippen LogP contribution >= 0.6 is 0 Å². The average molecular weight is 372 g/mol. The highest BCUT2D eigenvalue weighted by atomic mass is 16.6. The third-order valence-electron chi connectivity index (χ3n) is 3.69. The smallest absolute Gasteiger partial charge is 0.269 e. The molecular weight excluding hydrogens is 348 g/mol. The van der Waals surface area contributed by atoms with Crippen LogP contribution in [0.25, 0.3) is 0 Å². The lowest BCUT2D eigenvalue weighted by molar-refractivity contribution is -0.384. The molecule has 0 radical (unpaired) electrons. The summed E-state index contributed by atoms with van der Waals surface area (Å²) in [7, 11) is 3.34. The van der Waals surface area contributed by atoms with Crippen molar-refractivity contribution in [2.24, 2.45) is 4.99 Å². The van der Waals surface area contributed by atoms with Gasteiger partial charge in [-0.1, -0.05) is 18.2 Å². The standard InChI is InChI=1S/C19H24N4O4/c1-20-19(21-14-15-7-9-17(10-8-15)23(24)25)22-16-5-3-6-18(13-16)27-12-4-11-26-2/h3,5-10,13H,4,11-12,14H2,1-2H3,(H2,20,21,22). The summed E-state index contributed by atoms with van der Waals surface area (Å²) in [5.74, 6) is 1.35. The highest BCUT2D eigenvalue weighted by molar-refractivity contribution is 5.93. The molecule has 0 heterocycles. The fourth-order valence-corrected chi connectivity index (χ4v) is 2.29. The molecule has 144 valence electrons. The number of nitro benzene ring substituents is 1. The Bertz CT molecular complexity index is 763. The number of non-ortho nitro benzene ring substituents is 1. The van der Waals surface area contributed by atoms with Gasteiger partial charge in [-0.25, -0.2) is 0 Å². The molecule has 0 aliphatic carbocycles. The number of anilines is 1. The largest absolute Gasteiger partial charge is 0.493 e. The molecule has 0 atom stereocenters. The van der Waals surface area contributed by atoms with Crippen LogP contribution < -0.4 is 15.4 Å². The van der Waals surface area contributed by atoms with Gasteiger partial charge in [-0.2, -0.15) is 0 Å². The molecule has 0 aliphatic heterocycles. The van der Waals surface area contributed by atoms with Gasteiger partial charge in [0.15, 0.2) is 5.96 Å². The van der Waals surface area contributed by atoms with E-state index in [2.05, 4.69) is 15.6 Å². The molecule has 0 aromatic heterocycles. The average Bonchev–Trinajstić information content (AvgIpc) is 2.69. The second-order valence-electron chi connectivity index (χ2n) is 5.70. The molecule has 0 saturated carbocycles. The van der Waals surface area contributed by atoms with Crippen molar-refractivity contribution in [2.75, 3.05) is 32.7 Å². The number of aliphatic imine (C=N–C) groups is 1. The van der Waals surface area contributed by atoms with Crippen LogP contribution in [0.2, 0.25) is 0 Å². The van der Waals surface area contributed by atoms with Crippen LogP contribution in [0.5, 0.6) is 5.75 Å². The number of benzene rings is 2. The third-order valence-corrected chi connectivity index (χ3v) is 3.69. The van der Waals surface area contributed by atoms with E-state index in [1.54, 1.807) is 26.3 Å². The van der Waals surface area contributed by atoms with Gasteiger partial charge in [0.1, 0.15) is 5.75 Å². The van der Waals surface area contributed by atoms with E-state index in [0.29, 0.717) is 25.7 Å². The summed E-state index contributed by atoms with van der Waals surface area (Å²) in [4.78, 5) is 14.5. The van der Waals surface area contributed by atoms with E-state index in [1.165, 1.54) is 12.1 Å². The maximum Gasteiger partial charge on any atom is 0.269 e. The Morgan fingerprint density at radius 2 is 1.96 bits per heavy atom. The molecular formula is C19H24N4O4. The molecule has 0 amide bonds. The minimum absolute atomic E-state index is 0.0728. The third kappa shape index (κ3) is 6.95. The monoisotopic (exact) mass is 372 g/mol. The molecule has 2 aromatic carbocycles. The van der Waals surface area contributed by atoms with E-state index in [9.17, 15) is 10.1 Å². The first-order valence-electron chi connectivity index (χ1n) is 8.55. The zero-order valence-corrected chi connectivity index (χ0v) is 15.5. The zero-order chi connectivity index (χ0) is 19.5. The number of nitro groups is 1. The van der Waals surface area contributed by atoms with E-state index < -0.39 is 4.92 Å². The number of ether oxygens (including phenoxy) is 2. The van der Waals surface area contributed by atoms with E-state index in [-0.39, 0.29) is 5.69 Å². The molecule has 2 N–H and O–H groups in total. The Morgan fingerprint density at radius 1 is 1.19 bits per heavy atom. The molecule has 2 rings (SSSR count). The normalized spacial score (nSPS) is 11.1. The van der Waals surface area contributed by atoms with Gasteiger partial charge >= 0.3 is 0 Å². The summed E-state index contributed by atoms with van der Waals surface area (Å²) in [6, 6.07) is 14.0. The first kappa shape index (κ1) is 20.2. The van der Waals surface area contributed by atoms with Crippen LogP contribution in [0.15, 0.2) is 53.5 Å². The van der Waals surface area contributed by atoms with Gasteiger partial charge in [0, 0.05) is 57.6 Å². The summed E-state index contributed by atoms with van der Waals surface area (Å²) < 4.78 is 10.7. The van der Waals surface area contributed by atoms with Crippen molar-refractivity contribution in [3.63, 3.8) is 0 Å². The van der Waals surface area contributed by atoms with Gasteiger partial charge in [-0.05, 0) is 17.7 Å². The van der Waals surface area contributed by atoms with E-state index in [4.69, 9.17) is 9.47 Å². The number of nitrogens with zero attached hydrogens (tertiary/aromatic N) is 2. The molecule has 0 spiro atoms. The Labute approximate surface area is 158 Å². The van der Waals surface area contributed by atoms with Crippen LogP contribution in [0, 0.1) is 10.1 Å². The number of guanidine groups is 1. The quantitative estimate of drug-likeness (QED) is 0.231. The minimum Gasteiger partial charge on any atom is -0.493 e. The number of methoxy groups -OCH3 is 1. The van der Waals surface area contributed by atoms with Gasteiger partial charge in [0.05, 0.1) is 11.5 Å². The van der Waals surface area contributed by atoms with Gasteiger partial charge < -0.3 is 20.1 Å². The predicted octanol–water partition coefficient (Wildman–Crippen LogP) is 3.20. The Kier molecular flexibility index (Phi) is 8.05. The topological polar surface area (TPSA) is 98.0 Å². The first-order valence-corrected chi connectivity index (χ1v) is 8.55. The van der Waals surface area contributed by atoms with Crippen molar-refractivity contribution in [1.29, 1.82) is 0 Å². The van der Waals surface area contributed by atoms with Crippen molar-refractivity contribution in [2.45, 2.75) is 13.0 Å². The molecule has 0 aliphatic rings. The van der Waals surface area contributed by atoms with Crippen LogP contribution in [-0.2, 0) is 11.3 Å². The lowest BCUT2D eigenvalue weighted by Gasteiger charge is -2.13. The summed E-state index contributed by atoms with van der Waals surface area (Å²) in [5.41, 5.74) is 1.83. The highest BCUT2D eigenvalue weighted by Gasteiger charge is 2.05. The van der Waals surface area contributed by atoms with E-state index in [0.717, 1.165) is 23.4 Å². The van der Waals surface area contributed by atoms with Gasteiger partial charge in [-0.15, -0.1) is 0 Å². The Balaban J connectivity index is 1.88. The van der Waals surface area contributed by atoms with Gasteiger partial charge in [-0.3, -0.25) is 15.1 Å². The Hall–Kier alpha value is -3.13. The molecule has 0 saturated heterocycles. The summed E-state index contributed by atoms with van der Waals surface area (Å²) >= 11 is 0. The fourth-order valence-electron chi connectivity index (χ4n) is 2.29. The van der Waals surface area contributed by atoms with Gasteiger partial charge in [0.25, 0.3) is 5.69 Å². The van der Waals surface area contributed by atoms with Crippen LogP contribution in [0.4, 0.5) is 11.4 Å². The van der Waals surface area contributed by atoms with Crippen molar-refractivity contribution in [3.05, 3.63) is 64.2 Å². The van der Waals surface area contributed by atoms with Crippen LogP contribution in [0.3, 0.4) is 0 Å². The fraction of sp³-hybridized carbons (Fsp3) is 0.316. The van der Waals surface area contributed by atoms with E-state index in [1.807, 2.05) is 24.3 Å². The molecule has 2 aromatic rings. The number of hydrogen-bond donors (Lipinski definition) is 2. The molecule has 0 bridgehead atoms. The molecule has 0 unspecified atom stereocenters. The lowest BCUT2D eigenvalue weighted by Crippen LogP contribution is -2.30. The SMILES string of the molecule is CN=C(NCc1ccc([N+](=O)[O-])cc1)Nc1cccc(OCCCOC)c1. The molecule has 8 heteroatoms. The minimum atomic E-state index is -0.415. The van der Waals surface area contributed by atoms with Crippen molar-refractivity contribution in [3.8, 4) is 5.75 Å². The predicted molar refractivity (Wildman–Crippen MR) is 105 cm³/mol. The first-order chi connectivity index (χ1) is 13.1. The molecule has 8 nitrogen and oxygen atoms in total. The zero-order valence-electron chi connectivity index (χ0n) is 15.5. The lowest BCUT2D eigenvalue weighted by atomic mass is 10.2. The van der Waals surface area contributed by atoms with Crippen molar-refractivity contribution < 1.29 is 14.4 Å². The maximum atomic E-state index is 10.7. The summed E-state index contributed by atoms with van der Waals surface area (Å²) in [5, 5.41) is 17.1. The number of rotatable bonds is 9. The summed E-state index contributed by atoms with van der Waals surface area (Å²) in [6.07, 6.45) is 0.826. The van der Waals surface area contributed by atoms with Crippen molar-refractivity contribution in [1.82, 2.24) is 5.32 Å². The Morgan fingerprint density at radius 3 is 2.63 bits per heavy atom. The number of hydrogen-bond acceptors (Lipinski definition) is 5. The maximum absolute atomic E-state index is 10.7.